The Labute approximate surface area is 162 Å². The van der Waals surface area contributed by atoms with Gasteiger partial charge in [-0.1, -0.05) is 19.3 Å². The summed E-state index contributed by atoms with van der Waals surface area (Å²) in [5.41, 5.74) is 0.789. The first-order chi connectivity index (χ1) is 13.0. The van der Waals surface area contributed by atoms with E-state index < -0.39 is 0 Å². The van der Waals surface area contributed by atoms with Crippen LogP contribution in [0, 0.1) is 11.8 Å². The number of hydrogen-bond donors (Lipinski definition) is 1. The van der Waals surface area contributed by atoms with Crippen LogP contribution < -0.4 is 10.1 Å². The fourth-order valence-electron chi connectivity index (χ4n) is 4.10. The molecule has 0 spiro atoms. The summed E-state index contributed by atoms with van der Waals surface area (Å²) < 4.78 is 5.62. The molecule has 1 saturated carbocycles. The maximum absolute atomic E-state index is 12.6. The molecule has 2 aliphatic rings. The second-order valence-corrected chi connectivity index (χ2v) is 8.11. The van der Waals surface area contributed by atoms with Crippen LogP contribution >= 0.6 is 0 Å². The molecule has 0 atom stereocenters. The van der Waals surface area contributed by atoms with Gasteiger partial charge in [-0.15, -0.1) is 0 Å². The Balaban J connectivity index is 1.46. The maximum Gasteiger partial charge on any atom is 0.227 e. The van der Waals surface area contributed by atoms with Crippen molar-refractivity contribution in [1.82, 2.24) is 4.90 Å². The van der Waals surface area contributed by atoms with Gasteiger partial charge in [0.2, 0.25) is 11.8 Å². The fraction of sp³-hybridized carbons (Fsp3) is 0.636. The van der Waals surface area contributed by atoms with Crippen molar-refractivity contribution >= 4 is 17.5 Å². The van der Waals surface area contributed by atoms with E-state index in [1.165, 1.54) is 19.3 Å². The van der Waals surface area contributed by atoms with Crippen molar-refractivity contribution in [1.29, 1.82) is 0 Å². The third-order valence-electron chi connectivity index (χ3n) is 5.63. The highest BCUT2D eigenvalue weighted by Gasteiger charge is 2.31. The number of carbonyl (C=O) groups excluding carboxylic acids is 2. The largest absolute Gasteiger partial charge is 0.491 e. The quantitative estimate of drug-likeness (QED) is 0.841. The van der Waals surface area contributed by atoms with Crippen molar-refractivity contribution < 1.29 is 14.3 Å². The summed E-state index contributed by atoms with van der Waals surface area (Å²) in [4.78, 5) is 27.2. The summed E-state index contributed by atoms with van der Waals surface area (Å²) in [5.74, 6) is 1.37. The molecule has 148 valence electrons. The number of amides is 2. The molecular formula is C22H32N2O3. The van der Waals surface area contributed by atoms with Crippen molar-refractivity contribution in [2.45, 2.75) is 64.9 Å². The van der Waals surface area contributed by atoms with E-state index in [4.69, 9.17) is 4.74 Å². The molecule has 1 heterocycles. The summed E-state index contributed by atoms with van der Waals surface area (Å²) >= 11 is 0. The zero-order chi connectivity index (χ0) is 19.2. The topological polar surface area (TPSA) is 58.6 Å². The van der Waals surface area contributed by atoms with E-state index in [9.17, 15) is 9.59 Å². The monoisotopic (exact) mass is 372 g/mol. The van der Waals surface area contributed by atoms with Gasteiger partial charge in [-0.25, -0.2) is 0 Å². The highest BCUT2D eigenvalue weighted by atomic mass is 16.5. The van der Waals surface area contributed by atoms with Crippen LogP contribution in [0.2, 0.25) is 0 Å². The van der Waals surface area contributed by atoms with E-state index in [1.54, 1.807) is 0 Å². The smallest absolute Gasteiger partial charge is 0.227 e. The van der Waals surface area contributed by atoms with Crippen molar-refractivity contribution in [2.75, 3.05) is 18.4 Å². The van der Waals surface area contributed by atoms with Crippen LogP contribution in [0.4, 0.5) is 5.69 Å². The van der Waals surface area contributed by atoms with Gasteiger partial charge in [0.1, 0.15) is 5.75 Å². The van der Waals surface area contributed by atoms with E-state index in [-0.39, 0.29) is 23.8 Å². The molecule has 5 heteroatoms. The lowest BCUT2D eigenvalue weighted by Crippen LogP contribution is -2.44. The number of carbonyl (C=O) groups is 2. The minimum Gasteiger partial charge on any atom is -0.491 e. The van der Waals surface area contributed by atoms with Gasteiger partial charge in [0.15, 0.2) is 0 Å². The van der Waals surface area contributed by atoms with Gasteiger partial charge >= 0.3 is 0 Å². The molecule has 1 aliphatic carbocycles. The number of rotatable bonds is 5. The summed E-state index contributed by atoms with van der Waals surface area (Å²) in [6.45, 7) is 5.38. The zero-order valence-electron chi connectivity index (χ0n) is 16.6. The number of nitrogens with zero attached hydrogens (tertiary/aromatic N) is 1. The molecule has 2 amide bonds. The van der Waals surface area contributed by atoms with Crippen LogP contribution in [0.5, 0.6) is 5.75 Å². The molecule has 5 nitrogen and oxygen atoms in total. The number of ether oxygens (including phenoxy) is 1. The Morgan fingerprint density at radius 3 is 2.19 bits per heavy atom. The zero-order valence-corrected chi connectivity index (χ0v) is 16.6. The van der Waals surface area contributed by atoms with Gasteiger partial charge in [0, 0.05) is 30.6 Å². The van der Waals surface area contributed by atoms with Crippen LogP contribution in [0.25, 0.3) is 0 Å². The van der Waals surface area contributed by atoms with E-state index in [0.29, 0.717) is 19.0 Å². The molecule has 0 bridgehead atoms. The second kappa shape index (κ2) is 9.25. The third-order valence-corrected chi connectivity index (χ3v) is 5.63. The lowest BCUT2D eigenvalue weighted by molar-refractivity contribution is -0.139. The molecule has 1 aromatic rings. The van der Waals surface area contributed by atoms with Crippen LogP contribution in [0.15, 0.2) is 24.3 Å². The van der Waals surface area contributed by atoms with Crippen LogP contribution in [-0.2, 0) is 9.59 Å². The summed E-state index contributed by atoms with van der Waals surface area (Å²) in [7, 11) is 0. The first-order valence-corrected chi connectivity index (χ1v) is 10.4. The molecule has 27 heavy (non-hydrogen) atoms. The Hall–Kier alpha value is -2.04. The molecule has 1 aromatic carbocycles. The summed E-state index contributed by atoms with van der Waals surface area (Å²) in [5, 5.41) is 3.00. The lowest BCUT2D eigenvalue weighted by Gasteiger charge is -2.34. The van der Waals surface area contributed by atoms with E-state index in [2.05, 4.69) is 5.32 Å². The van der Waals surface area contributed by atoms with Gasteiger partial charge in [-0.2, -0.15) is 0 Å². The average Bonchev–Trinajstić information content (AvgIpc) is 2.69. The third kappa shape index (κ3) is 5.47. The second-order valence-electron chi connectivity index (χ2n) is 8.11. The maximum atomic E-state index is 12.6. The number of piperidine rings is 1. The number of benzene rings is 1. The predicted octanol–water partition coefficient (Wildman–Crippen LogP) is 4.23. The Morgan fingerprint density at radius 1 is 0.963 bits per heavy atom. The molecule has 0 radical (unpaired) electrons. The van der Waals surface area contributed by atoms with Crippen molar-refractivity contribution in [3.8, 4) is 5.75 Å². The molecule has 0 aromatic heterocycles. The fourth-order valence-corrected chi connectivity index (χ4v) is 4.10. The van der Waals surface area contributed by atoms with E-state index in [1.807, 2.05) is 43.0 Å². The Morgan fingerprint density at radius 2 is 1.59 bits per heavy atom. The first-order valence-electron chi connectivity index (χ1n) is 10.4. The molecule has 1 saturated heterocycles. The van der Waals surface area contributed by atoms with Crippen molar-refractivity contribution in [2.24, 2.45) is 11.8 Å². The molecule has 0 unspecified atom stereocenters. The van der Waals surface area contributed by atoms with Crippen molar-refractivity contribution in [3.05, 3.63) is 24.3 Å². The normalized spacial score (nSPS) is 19.1. The van der Waals surface area contributed by atoms with Crippen LogP contribution in [0.1, 0.15) is 58.8 Å². The summed E-state index contributed by atoms with van der Waals surface area (Å²) in [6, 6.07) is 7.50. The van der Waals surface area contributed by atoms with Gasteiger partial charge in [0.25, 0.3) is 0 Å². The van der Waals surface area contributed by atoms with Gasteiger partial charge in [0.05, 0.1) is 6.10 Å². The van der Waals surface area contributed by atoms with E-state index >= 15 is 0 Å². The number of nitrogens with one attached hydrogen (secondary N) is 1. The number of hydrogen-bond acceptors (Lipinski definition) is 3. The van der Waals surface area contributed by atoms with Crippen LogP contribution in [0.3, 0.4) is 0 Å². The van der Waals surface area contributed by atoms with E-state index in [0.717, 1.165) is 37.1 Å². The van der Waals surface area contributed by atoms with Gasteiger partial charge < -0.3 is 15.0 Å². The molecular weight excluding hydrogens is 340 g/mol. The average molecular weight is 373 g/mol. The van der Waals surface area contributed by atoms with Crippen molar-refractivity contribution in [3.63, 3.8) is 0 Å². The predicted molar refractivity (Wildman–Crippen MR) is 107 cm³/mol. The standard InChI is InChI=1S/C22H32N2O3/c1-16(2)27-20-10-8-19(9-11-20)23-21(25)17-12-14-24(15-13-17)22(26)18-6-4-3-5-7-18/h8-11,16-18H,3-7,12-15H2,1-2H3,(H,23,25). The van der Waals surface area contributed by atoms with Crippen LogP contribution in [-0.4, -0.2) is 35.9 Å². The summed E-state index contributed by atoms with van der Waals surface area (Å²) in [6.07, 6.45) is 7.32. The first kappa shape index (κ1) is 19.7. The lowest BCUT2D eigenvalue weighted by atomic mass is 9.87. The SMILES string of the molecule is CC(C)Oc1ccc(NC(=O)C2CCN(C(=O)C3CCCCC3)CC2)cc1. The highest BCUT2D eigenvalue weighted by Crippen LogP contribution is 2.28. The van der Waals surface area contributed by atoms with Gasteiger partial charge in [-0.3, -0.25) is 9.59 Å². The number of likely N-dealkylation sites (tertiary alicyclic amines) is 1. The molecule has 1 aliphatic heterocycles. The minimum absolute atomic E-state index is 0.0213. The number of anilines is 1. The Kier molecular flexibility index (Phi) is 6.75. The molecule has 2 fully saturated rings. The molecule has 3 rings (SSSR count). The Bertz CT molecular complexity index is 627. The minimum atomic E-state index is -0.0213. The molecule has 1 N–H and O–H groups in total. The highest BCUT2D eigenvalue weighted by molar-refractivity contribution is 5.92. The van der Waals surface area contributed by atoms with Gasteiger partial charge in [-0.05, 0) is 63.8 Å².